The van der Waals surface area contributed by atoms with Crippen LogP contribution in [-0.4, -0.2) is 47.7 Å². The zero-order chi connectivity index (χ0) is 30.3. The van der Waals surface area contributed by atoms with Crippen molar-refractivity contribution in [3.8, 4) is 22.9 Å². The number of ether oxygens (including phenoxy) is 3. The Bertz CT molecular complexity index is 1770. The molecule has 1 amide bonds. The first-order valence-corrected chi connectivity index (χ1v) is 14.3. The fourth-order valence-corrected chi connectivity index (χ4v) is 5.17. The van der Waals surface area contributed by atoms with Gasteiger partial charge in [-0.1, -0.05) is 42.5 Å². The molecule has 0 aliphatic rings. The molecule has 0 bridgehead atoms. The van der Waals surface area contributed by atoms with Crippen molar-refractivity contribution in [2.24, 2.45) is 0 Å². The molecule has 8 nitrogen and oxygen atoms in total. The number of carbonyl (C=O) groups is 1. The molecule has 1 aromatic heterocycles. The van der Waals surface area contributed by atoms with E-state index in [1.54, 1.807) is 40.8 Å². The molecule has 5 aromatic rings. The van der Waals surface area contributed by atoms with Crippen LogP contribution < -0.4 is 19.8 Å². The molecule has 0 fully saturated rings. The first-order valence-electron chi connectivity index (χ1n) is 14.3. The van der Waals surface area contributed by atoms with E-state index in [2.05, 4.69) is 0 Å². The van der Waals surface area contributed by atoms with Gasteiger partial charge in [-0.3, -0.25) is 14.2 Å². The van der Waals surface area contributed by atoms with E-state index in [-0.39, 0.29) is 11.5 Å². The number of benzene rings is 4. The van der Waals surface area contributed by atoms with Crippen LogP contribution in [0.3, 0.4) is 0 Å². The average Bonchev–Trinajstić information content (AvgIpc) is 3.05. The Labute approximate surface area is 251 Å². The number of fused-ring (bicyclic) bond motifs is 1. The van der Waals surface area contributed by atoms with Gasteiger partial charge in [0.1, 0.15) is 23.1 Å². The summed E-state index contributed by atoms with van der Waals surface area (Å²) in [5.41, 5.74) is 2.46. The van der Waals surface area contributed by atoms with E-state index in [0.29, 0.717) is 64.8 Å². The molecule has 0 aliphatic heterocycles. The zero-order valence-corrected chi connectivity index (χ0v) is 24.8. The maximum Gasteiger partial charge on any atom is 0.266 e. The number of aromatic nitrogens is 2. The lowest BCUT2D eigenvalue weighted by molar-refractivity contribution is 0.0680. The third-order valence-electron chi connectivity index (χ3n) is 7.43. The highest BCUT2D eigenvalue weighted by Gasteiger charge is 2.29. The van der Waals surface area contributed by atoms with Crippen LogP contribution in [0.25, 0.3) is 16.6 Å². The van der Waals surface area contributed by atoms with Gasteiger partial charge < -0.3 is 19.1 Å². The van der Waals surface area contributed by atoms with Gasteiger partial charge in [0.25, 0.3) is 11.5 Å². The molecule has 5 rings (SSSR count). The number of rotatable bonds is 11. The summed E-state index contributed by atoms with van der Waals surface area (Å²) in [7, 11) is 3.09. The fourth-order valence-electron chi connectivity index (χ4n) is 5.17. The standard InChI is InChI=1S/C35H35N3O5/c1-5-43-27-17-15-26(16-18-27)38-33(36-31-14-10-9-13-29(31)35(38)40)24(2)37(22-21-25-11-7-6-8-12-25)34(39)30-20-19-28(41-3)23-32(30)42-4/h6-20,23-24H,5,21-22H2,1-4H3. The maximum absolute atomic E-state index is 14.3. The smallest absolute Gasteiger partial charge is 0.266 e. The largest absolute Gasteiger partial charge is 0.497 e. The molecule has 1 unspecified atom stereocenters. The van der Waals surface area contributed by atoms with Crippen molar-refractivity contribution in [3.63, 3.8) is 0 Å². The molecule has 0 saturated heterocycles. The Kier molecular flexibility index (Phi) is 9.05. The van der Waals surface area contributed by atoms with Gasteiger partial charge in [-0.2, -0.15) is 0 Å². The van der Waals surface area contributed by atoms with Gasteiger partial charge in [-0.25, -0.2) is 4.98 Å². The van der Waals surface area contributed by atoms with Crippen molar-refractivity contribution in [2.45, 2.75) is 26.3 Å². The Balaban J connectivity index is 1.65. The fraction of sp³-hybridized carbons (Fsp3) is 0.229. The second-order valence-corrected chi connectivity index (χ2v) is 10.0. The van der Waals surface area contributed by atoms with Crippen molar-refractivity contribution in [1.29, 1.82) is 0 Å². The van der Waals surface area contributed by atoms with Crippen LogP contribution in [0.2, 0.25) is 0 Å². The molecule has 4 aromatic carbocycles. The third-order valence-corrected chi connectivity index (χ3v) is 7.43. The Morgan fingerprint density at radius 3 is 2.28 bits per heavy atom. The first kappa shape index (κ1) is 29.4. The molecule has 0 saturated carbocycles. The normalized spacial score (nSPS) is 11.6. The van der Waals surface area contributed by atoms with Crippen molar-refractivity contribution < 1.29 is 19.0 Å². The van der Waals surface area contributed by atoms with Crippen LogP contribution in [0.5, 0.6) is 17.2 Å². The highest BCUT2D eigenvalue weighted by Crippen LogP contribution is 2.30. The van der Waals surface area contributed by atoms with Crippen LogP contribution in [0.15, 0.2) is 102 Å². The first-order chi connectivity index (χ1) is 20.9. The number of amides is 1. The van der Waals surface area contributed by atoms with Crippen LogP contribution in [0.1, 0.15) is 41.6 Å². The lowest BCUT2D eigenvalue weighted by atomic mass is 10.1. The van der Waals surface area contributed by atoms with E-state index in [1.165, 1.54) is 7.11 Å². The molecule has 220 valence electrons. The number of hydrogen-bond acceptors (Lipinski definition) is 6. The van der Waals surface area contributed by atoms with E-state index in [0.717, 1.165) is 5.56 Å². The Morgan fingerprint density at radius 2 is 1.58 bits per heavy atom. The van der Waals surface area contributed by atoms with E-state index in [1.807, 2.05) is 86.6 Å². The van der Waals surface area contributed by atoms with Crippen LogP contribution in [-0.2, 0) is 6.42 Å². The molecule has 0 spiro atoms. The number of carbonyl (C=O) groups excluding carboxylic acids is 1. The Morgan fingerprint density at radius 1 is 0.884 bits per heavy atom. The monoisotopic (exact) mass is 577 g/mol. The van der Waals surface area contributed by atoms with E-state index >= 15 is 0 Å². The van der Waals surface area contributed by atoms with E-state index in [4.69, 9.17) is 19.2 Å². The molecule has 43 heavy (non-hydrogen) atoms. The quantitative estimate of drug-likeness (QED) is 0.185. The van der Waals surface area contributed by atoms with Gasteiger partial charge in [0.05, 0.1) is 49.0 Å². The summed E-state index contributed by atoms with van der Waals surface area (Å²) in [4.78, 5) is 35.1. The number of methoxy groups -OCH3 is 2. The predicted octanol–water partition coefficient (Wildman–Crippen LogP) is 6.25. The van der Waals surface area contributed by atoms with Crippen molar-refractivity contribution >= 4 is 16.8 Å². The van der Waals surface area contributed by atoms with E-state index < -0.39 is 6.04 Å². The summed E-state index contributed by atoms with van der Waals surface area (Å²) >= 11 is 0. The lowest BCUT2D eigenvalue weighted by Crippen LogP contribution is -2.39. The summed E-state index contributed by atoms with van der Waals surface area (Å²) in [6.45, 7) is 4.74. The molecule has 1 heterocycles. The van der Waals surface area contributed by atoms with Gasteiger partial charge in [-0.15, -0.1) is 0 Å². The molecule has 0 radical (unpaired) electrons. The second kappa shape index (κ2) is 13.2. The van der Waals surface area contributed by atoms with Gasteiger partial charge in [0.15, 0.2) is 0 Å². The molecule has 8 heteroatoms. The predicted molar refractivity (Wildman–Crippen MR) is 168 cm³/mol. The second-order valence-electron chi connectivity index (χ2n) is 10.0. The highest BCUT2D eigenvalue weighted by atomic mass is 16.5. The average molecular weight is 578 g/mol. The number of nitrogens with zero attached hydrogens (tertiary/aromatic N) is 3. The van der Waals surface area contributed by atoms with Crippen LogP contribution in [0.4, 0.5) is 0 Å². The molecular formula is C35H35N3O5. The minimum absolute atomic E-state index is 0.214. The summed E-state index contributed by atoms with van der Waals surface area (Å²) < 4.78 is 18.2. The molecule has 0 N–H and O–H groups in total. The Hall–Kier alpha value is -5.11. The maximum atomic E-state index is 14.3. The van der Waals surface area contributed by atoms with Gasteiger partial charge in [0.2, 0.25) is 0 Å². The lowest BCUT2D eigenvalue weighted by Gasteiger charge is -2.31. The number of hydrogen-bond donors (Lipinski definition) is 0. The number of para-hydroxylation sites is 1. The highest BCUT2D eigenvalue weighted by molar-refractivity contribution is 5.97. The zero-order valence-electron chi connectivity index (χ0n) is 24.8. The van der Waals surface area contributed by atoms with E-state index in [9.17, 15) is 9.59 Å². The van der Waals surface area contributed by atoms with Crippen molar-refractivity contribution in [2.75, 3.05) is 27.4 Å². The van der Waals surface area contributed by atoms with Gasteiger partial charge in [0, 0.05) is 12.6 Å². The summed E-state index contributed by atoms with van der Waals surface area (Å²) in [6.07, 6.45) is 0.607. The van der Waals surface area contributed by atoms with Gasteiger partial charge >= 0.3 is 0 Å². The minimum atomic E-state index is -0.591. The van der Waals surface area contributed by atoms with Crippen LogP contribution >= 0.6 is 0 Å². The third kappa shape index (κ3) is 6.23. The summed E-state index contributed by atoms with van der Waals surface area (Å²) in [5, 5.41) is 0.492. The van der Waals surface area contributed by atoms with Crippen molar-refractivity contribution in [3.05, 3.63) is 124 Å². The molecular weight excluding hydrogens is 542 g/mol. The molecule has 0 aliphatic carbocycles. The topological polar surface area (TPSA) is 82.9 Å². The van der Waals surface area contributed by atoms with Crippen molar-refractivity contribution in [1.82, 2.24) is 14.5 Å². The van der Waals surface area contributed by atoms with Crippen LogP contribution in [0, 0.1) is 0 Å². The summed E-state index contributed by atoms with van der Waals surface area (Å²) in [6, 6.07) is 29.1. The molecule has 1 atom stereocenters. The SMILES string of the molecule is CCOc1ccc(-n2c(C(C)N(CCc3ccccc3)C(=O)c3ccc(OC)cc3OC)nc3ccccc3c2=O)cc1. The summed E-state index contributed by atoms with van der Waals surface area (Å²) in [5.74, 6) is 1.88. The van der Waals surface area contributed by atoms with Gasteiger partial charge in [-0.05, 0) is 74.4 Å². The minimum Gasteiger partial charge on any atom is -0.497 e.